The molecule has 1 aromatic carbocycles. The van der Waals surface area contributed by atoms with Gasteiger partial charge in [0.25, 0.3) is 5.91 Å². The molecule has 1 amide bonds. The monoisotopic (exact) mass is 350 g/mol. The lowest BCUT2D eigenvalue weighted by Gasteiger charge is -2.27. The van der Waals surface area contributed by atoms with Gasteiger partial charge in [-0.3, -0.25) is 9.48 Å². The molecule has 1 aliphatic rings. The van der Waals surface area contributed by atoms with E-state index in [0.717, 1.165) is 22.5 Å². The van der Waals surface area contributed by atoms with Crippen molar-refractivity contribution in [3.8, 4) is 5.88 Å². The van der Waals surface area contributed by atoms with Crippen molar-refractivity contribution in [1.82, 2.24) is 19.2 Å². The van der Waals surface area contributed by atoms with Crippen molar-refractivity contribution in [2.75, 3.05) is 6.54 Å². The molecule has 1 aliphatic heterocycles. The molecule has 0 atom stereocenters. The third kappa shape index (κ3) is 3.22. The van der Waals surface area contributed by atoms with E-state index in [1.165, 1.54) is 0 Å². The van der Waals surface area contributed by atoms with Crippen LogP contribution in [0.1, 0.15) is 27.3 Å². The van der Waals surface area contributed by atoms with Crippen molar-refractivity contribution in [2.24, 2.45) is 7.05 Å². The molecule has 3 aromatic rings. The van der Waals surface area contributed by atoms with E-state index in [0.29, 0.717) is 32.1 Å². The predicted octanol–water partition coefficient (Wildman–Crippen LogP) is 2.77. The number of aromatic nitrogens is 3. The van der Waals surface area contributed by atoms with Crippen LogP contribution >= 0.6 is 0 Å². The van der Waals surface area contributed by atoms with Crippen molar-refractivity contribution >= 4 is 5.91 Å². The van der Waals surface area contributed by atoms with Crippen LogP contribution in [0.5, 0.6) is 5.88 Å². The zero-order chi connectivity index (χ0) is 18.1. The molecule has 0 bridgehead atoms. The average Bonchev–Trinajstić information content (AvgIpc) is 3.22. The Balaban J connectivity index is 1.44. The number of amides is 1. The largest absolute Gasteiger partial charge is 0.472 e. The van der Waals surface area contributed by atoms with Crippen LogP contribution < -0.4 is 4.74 Å². The lowest BCUT2D eigenvalue weighted by Crippen LogP contribution is -2.38. The van der Waals surface area contributed by atoms with E-state index in [4.69, 9.17) is 4.74 Å². The first-order valence-electron chi connectivity index (χ1n) is 8.76. The van der Waals surface area contributed by atoms with E-state index in [-0.39, 0.29) is 5.91 Å². The molecule has 2 aromatic heterocycles. The van der Waals surface area contributed by atoms with Gasteiger partial charge in [-0.25, -0.2) is 0 Å². The number of hydrogen-bond acceptors (Lipinski definition) is 3. The molecule has 134 valence electrons. The minimum absolute atomic E-state index is 0.0629. The second-order valence-electron chi connectivity index (χ2n) is 6.68. The van der Waals surface area contributed by atoms with Gasteiger partial charge in [-0.2, -0.15) is 0 Å². The number of fused-ring (bicyclic) bond motifs is 1. The molecule has 0 saturated heterocycles. The Kier molecular flexibility index (Phi) is 4.24. The van der Waals surface area contributed by atoms with E-state index in [1.54, 1.807) is 0 Å². The maximum atomic E-state index is 12.7. The second-order valence-corrected chi connectivity index (χ2v) is 6.68. The average molecular weight is 350 g/mol. The summed E-state index contributed by atoms with van der Waals surface area (Å²) in [7, 11) is 1.95. The van der Waals surface area contributed by atoms with Crippen LogP contribution in [0.4, 0.5) is 0 Å². The van der Waals surface area contributed by atoms with Crippen LogP contribution in [-0.4, -0.2) is 31.7 Å². The molecular formula is C20H22N4O2. The Hall–Kier alpha value is -3.02. The molecule has 0 spiro atoms. The number of nitrogens with zero attached hydrogens (tertiary/aromatic N) is 4. The van der Waals surface area contributed by atoms with Crippen LogP contribution in [0.15, 0.2) is 48.7 Å². The molecule has 0 aliphatic carbocycles. The highest BCUT2D eigenvalue weighted by Crippen LogP contribution is 2.21. The molecule has 0 unspecified atom stereocenters. The standard InChI is InChI=1S/C20H22N4O2/c1-15-10-17(12-22(15)2)20(25)23-8-9-24-18(13-23)11-19(21-24)26-14-16-6-4-3-5-7-16/h3-7,10-12H,8-9,13-14H2,1-2H3. The molecule has 0 N–H and O–H groups in total. The molecule has 4 rings (SSSR count). The van der Waals surface area contributed by atoms with Crippen LogP contribution in [0.2, 0.25) is 0 Å². The number of benzene rings is 1. The van der Waals surface area contributed by atoms with Gasteiger partial charge in [-0.05, 0) is 18.6 Å². The molecule has 26 heavy (non-hydrogen) atoms. The number of hydrogen-bond donors (Lipinski definition) is 0. The van der Waals surface area contributed by atoms with Crippen molar-refractivity contribution in [3.05, 3.63) is 71.2 Å². The number of ether oxygens (including phenoxy) is 1. The molecule has 0 radical (unpaired) electrons. The Morgan fingerprint density at radius 3 is 2.73 bits per heavy atom. The van der Waals surface area contributed by atoms with E-state index < -0.39 is 0 Å². The molecule has 6 heteroatoms. The Labute approximate surface area is 152 Å². The van der Waals surface area contributed by atoms with Crippen LogP contribution in [0.25, 0.3) is 0 Å². The van der Waals surface area contributed by atoms with Gasteiger partial charge in [0.05, 0.1) is 24.3 Å². The smallest absolute Gasteiger partial charge is 0.255 e. The fourth-order valence-corrected chi connectivity index (χ4v) is 3.19. The topological polar surface area (TPSA) is 52.3 Å². The van der Waals surface area contributed by atoms with Gasteiger partial charge in [0.15, 0.2) is 0 Å². The van der Waals surface area contributed by atoms with Crippen molar-refractivity contribution in [2.45, 2.75) is 26.6 Å². The van der Waals surface area contributed by atoms with Crippen molar-refractivity contribution < 1.29 is 9.53 Å². The van der Waals surface area contributed by atoms with Gasteiger partial charge in [0, 0.05) is 31.5 Å². The third-order valence-corrected chi connectivity index (χ3v) is 4.79. The second kappa shape index (κ2) is 6.71. The highest BCUT2D eigenvalue weighted by atomic mass is 16.5. The van der Waals surface area contributed by atoms with Gasteiger partial charge in [-0.15, -0.1) is 5.10 Å². The summed E-state index contributed by atoms with van der Waals surface area (Å²) in [5, 5.41) is 4.50. The number of aryl methyl sites for hydroxylation is 2. The Morgan fingerprint density at radius 2 is 2.00 bits per heavy atom. The van der Waals surface area contributed by atoms with Gasteiger partial charge in [0.2, 0.25) is 5.88 Å². The quantitative estimate of drug-likeness (QED) is 0.727. The minimum Gasteiger partial charge on any atom is -0.472 e. The first kappa shape index (κ1) is 16.4. The van der Waals surface area contributed by atoms with Gasteiger partial charge < -0.3 is 14.2 Å². The molecule has 0 fully saturated rings. The van der Waals surface area contributed by atoms with Gasteiger partial charge in [0.1, 0.15) is 6.61 Å². The highest BCUT2D eigenvalue weighted by molar-refractivity contribution is 5.94. The fraction of sp³-hybridized carbons (Fsp3) is 0.300. The summed E-state index contributed by atoms with van der Waals surface area (Å²) in [5.41, 5.74) is 3.92. The summed E-state index contributed by atoms with van der Waals surface area (Å²) in [4.78, 5) is 14.6. The fourth-order valence-electron chi connectivity index (χ4n) is 3.19. The molecular weight excluding hydrogens is 328 g/mol. The third-order valence-electron chi connectivity index (χ3n) is 4.79. The first-order valence-corrected chi connectivity index (χ1v) is 8.76. The van der Waals surface area contributed by atoms with Crippen molar-refractivity contribution in [1.29, 1.82) is 0 Å². The maximum Gasteiger partial charge on any atom is 0.255 e. The van der Waals surface area contributed by atoms with Gasteiger partial charge >= 0.3 is 0 Å². The lowest BCUT2D eigenvalue weighted by atomic mass is 10.2. The lowest BCUT2D eigenvalue weighted by molar-refractivity contribution is 0.0706. The summed E-state index contributed by atoms with van der Waals surface area (Å²) < 4.78 is 9.71. The van der Waals surface area contributed by atoms with Gasteiger partial charge in [-0.1, -0.05) is 30.3 Å². The first-order chi connectivity index (χ1) is 12.6. The van der Waals surface area contributed by atoms with E-state index in [2.05, 4.69) is 5.10 Å². The van der Waals surface area contributed by atoms with Crippen LogP contribution in [-0.2, 0) is 26.7 Å². The Bertz CT molecular complexity index is 907. The number of rotatable bonds is 4. The number of carbonyl (C=O) groups is 1. The SMILES string of the molecule is Cc1cc(C(=O)N2CCn3nc(OCc4ccccc4)cc3C2)cn1C. The van der Waals surface area contributed by atoms with E-state index in [1.807, 2.05) is 76.8 Å². The normalized spacial score (nSPS) is 13.5. The van der Waals surface area contributed by atoms with Crippen LogP contribution in [0, 0.1) is 6.92 Å². The molecule has 0 saturated carbocycles. The molecule has 3 heterocycles. The van der Waals surface area contributed by atoms with Crippen molar-refractivity contribution in [3.63, 3.8) is 0 Å². The minimum atomic E-state index is 0.0629. The van der Waals surface area contributed by atoms with E-state index in [9.17, 15) is 4.79 Å². The van der Waals surface area contributed by atoms with Crippen LogP contribution in [0.3, 0.4) is 0 Å². The highest BCUT2D eigenvalue weighted by Gasteiger charge is 2.24. The van der Waals surface area contributed by atoms with E-state index >= 15 is 0 Å². The summed E-state index contributed by atoms with van der Waals surface area (Å²) in [6, 6.07) is 13.9. The summed E-state index contributed by atoms with van der Waals surface area (Å²) in [5.74, 6) is 0.668. The summed E-state index contributed by atoms with van der Waals surface area (Å²) in [6.07, 6.45) is 1.89. The zero-order valence-corrected chi connectivity index (χ0v) is 15.1. The predicted molar refractivity (Wildman–Crippen MR) is 97.9 cm³/mol. The Morgan fingerprint density at radius 1 is 1.19 bits per heavy atom. The zero-order valence-electron chi connectivity index (χ0n) is 15.1. The maximum absolute atomic E-state index is 12.7. The molecule has 6 nitrogen and oxygen atoms in total. The number of carbonyl (C=O) groups excluding carboxylic acids is 1. The summed E-state index contributed by atoms with van der Waals surface area (Å²) in [6.45, 7) is 4.37. The summed E-state index contributed by atoms with van der Waals surface area (Å²) >= 11 is 0.